The van der Waals surface area contributed by atoms with Gasteiger partial charge in [0.2, 0.25) is 5.91 Å². The lowest BCUT2D eigenvalue weighted by Gasteiger charge is -2.42. The van der Waals surface area contributed by atoms with Crippen LogP contribution in [0.1, 0.15) is 38.2 Å². The Morgan fingerprint density at radius 2 is 1.93 bits per heavy atom. The Morgan fingerprint density at radius 1 is 1.25 bits per heavy atom. The van der Waals surface area contributed by atoms with Crippen LogP contribution in [0.25, 0.3) is 0 Å². The fourth-order valence-electron chi connectivity index (χ4n) is 4.22. The average Bonchev–Trinajstić information content (AvgIpc) is 2.62. The van der Waals surface area contributed by atoms with E-state index in [9.17, 15) is 9.18 Å². The van der Waals surface area contributed by atoms with Gasteiger partial charge in [-0.3, -0.25) is 9.69 Å². The maximum Gasteiger partial charge on any atom is 0.227 e. The smallest absolute Gasteiger partial charge is 0.227 e. The van der Waals surface area contributed by atoms with Crippen molar-refractivity contribution in [2.75, 3.05) is 33.3 Å². The molecule has 2 unspecified atom stereocenters. The molecule has 2 N–H and O–H groups in total. The molecule has 2 fully saturated rings. The van der Waals surface area contributed by atoms with Gasteiger partial charge >= 0.3 is 0 Å². The number of hydrogen-bond acceptors (Lipinski definition) is 4. The van der Waals surface area contributed by atoms with E-state index in [1.165, 1.54) is 12.1 Å². The van der Waals surface area contributed by atoms with Crippen LogP contribution in [0, 0.1) is 11.7 Å². The third-order valence-electron chi connectivity index (χ3n) is 5.87. The summed E-state index contributed by atoms with van der Waals surface area (Å²) in [6.07, 6.45) is 4.01. The number of hydrogen-bond donors (Lipinski definition) is 1. The van der Waals surface area contributed by atoms with E-state index < -0.39 is 0 Å². The van der Waals surface area contributed by atoms with Gasteiger partial charge in [-0.1, -0.05) is 12.8 Å². The average molecular weight is 436 g/mol. The second-order valence-electron chi connectivity index (χ2n) is 7.86. The summed E-state index contributed by atoms with van der Waals surface area (Å²) in [6, 6.07) is 4.60. The number of nitrogens with zero attached hydrogens (tertiary/aromatic N) is 2. The zero-order valence-electron chi connectivity index (χ0n) is 16.7. The van der Waals surface area contributed by atoms with E-state index in [-0.39, 0.29) is 48.0 Å². The van der Waals surface area contributed by atoms with Crippen LogP contribution in [-0.2, 0) is 11.3 Å². The first-order valence-electron chi connectivity index (χ1n) is 9.53. The van der Waals surface area contributed by atoms with Crippen molar-refractivity contribution in [3.63, 3.8) is 0 Å². The topological polar surface area (TPSA) is 58.8 Å². The molecule has 1 saturated heterocycles. The van der Waals surface area contributed by atoms with Gasteiger partial charge in [0.15, 0.2) is 0 Å². The van der Waals surface area contributed by atoms with Crippen molar-refractivity contribution in [1.29, 1.82) is 0 Å². The summed E-state index contributed by atoms with van der Waals surface area (Å²) in [4.78, 5) is 17.1. The Kier molecular flexibility index (Phi) is 9.47. The van der Waals surface area contributed by atoms with Crippen LogP contribution in [0.3, 0.4) is 0 Å². The normalized spacial score (nSPS) is 25.4. The minimum absolute atomic E-state index is 0. The zero-order chi connectivity index (χ0) is 18.7. The van der Waals surface area contributed by atoms with Crippen LogP contribution in [-0.4, -0.2) is 54.5 Å². The van der Waals surface area contributed by atoms with Gasteiger partial charge in [0, 0.05) is 43.8 Å². The highest BCUT2D eigenvalue weighted by atomic mass is 35.5. The molecule has 1 aliphatic heterocycles. The van der Waals surface area contributed by atoms with Crippen LogP contribution >= 0.6 is 24.8 Å². The van der Waals surface area contributed by atoms with Crippen LogP contribution in [0.2, 0.25) is 0 Å². The standard InChI is InChI=1S/C20H30FN3O2.2ClH/c1-20(22)8-4-3-5-17(20)19(25)24-11-9-23(10-12-24)14-15-13-16(21)6-7-18(15)26-2;;/h6-7,13,17H,3-5,8-12,14,22H2,1-2H3;2*1H. The number of amides is 1. The lowest BCUT2D eigenvalue weighted by atomic mass is 9.74. The molecule has 8 heteroatoms. The monoisotopic (exact) mass is 435 g/mol. The first kappa shape index (κ1) is 25.0. The lowest BCUT2D eigenvalue weighted by molar-refractivity contribution is -0.140. The number of carbonyl (C=O) groups excluding carboxylic acids is 1. The molecule has 0 radical (unpaired) electrons. The molecule has 1 aromatic carbocycles. The van der Waals surface area contributed by atoms with Crippen molar-refractivity contribution in [2.45, 2.75) is 44.7 Å². The Balaban J connectivity index is 0.00000196. The molecule has 2 atom stereocenters. The number of carbonyl (C=O) groups is 1. The third kappa shape index (κ3) is 5.72. The van der Waals surface area contributed by atoms with Crippen molar-refractivity contribution in [2.24, 2.45) is 11.7 Å². The molecule has 1 heterocycles. The summed E-state index contributed by atoms with van der Waals surface area (Å²) in [5, 5.41) is 0. The SMILES string of the molecule is COc1ccc(F)cc1CN1CCN(C(=O)C2CCCCC2(C)N)CC1.Cl.Cl. The Morgan fingerprint density at radius 3 is 2.54 bits per heavy atom. The molecular weight excluding hydrogens is 404 g/mol. The number of nitrogens with two attached hydrogens (primary N) is 1. The Hall–Kier alpha value is -1.08. The van der Waals surface area contributed by atoms with Crippen molar-refractivity contribution >= 4 is 30.7 Å². The number of piperazine rings is 1. The maximum absolute atomic E-state index is 13.5. The van der Waals surface area contributed by atoms with Crippen LogP contribution < -0.4 is 10.5 Å². The summed E-state index contributed by atoms with van der Waals surface area (Å²) < 4.78 is 18.9. The van der Waals surface area contributed by atoms with Gasteiger partial charge in [-0.2, -0.15) is 0 Å². The second kappa shape index (κ2) is 10.6. The molecule has 1 amide bonds. The summed E-state index contributed by atoms with van der Waals surface area (Å²) in [5.74, 6) is 0.587. The predicted octanol–water partition coefficient (Wildman–Crippen LogP) is 3.23. The second-order valence-corrected chi connectivity index (χ2v) is 7.86. The highest BCUT2D eigenvalue weighted by Crippen LogP contribution is 2.33. The number of benzene rings is 1. The summed E-state index contributed by atoms with van der Waals surface area (Å²) in [5.41, 5.74) is 6.85. The first-order chi connectivity index (χ1) is 12.4. The molecule has 1 aromatic rings. The van der Waals surface area contributed by atoms with E-state index in [4.69, 9.17) is 10.5 Å². The maximum atomic E-state index is 13.5. The molecule has 5 nitrogen and oxygen atoms in total. The number of halogens is 3. The quantitative estimate of drug-likeness (QED) is 0.788. The minimum Gasteiger partial charge on any atom is -0.496 e. The van der Waals surface area contributed by atoms with E-state index in [2.05, 4.69) is 4.90 Å². The molecule has 1 aliphatic carbocycles. The van der Waals surface area contributed by atoms with Gasteiger partial charge in [-0.05, 0) is 38.0 Å². The van der Waals surface area contributed by atoms with Gasteiger partial charge in [0.05, 0.1) is 13.0 Å². The van der Waals surface area contributed by atoms with Crippen LogP contribution in [0.5, 0.6) is 5.75 Å². The number of methoxy groups -OCH3 is 1. The molecule has 28 heavy (non-hydrogen) atoms. The Labute approximate surface area is 179 Å². The molecular formula is C20H32Cl2FN3O2. The fraction of sp³-hybridized carbons (Fsp3) is 0.650. The van der Waals surface area contributed by atoms with Gasteiger partial charge < -0.3 is 15.4 Å². The van der Waals surface area contributed by atoms with Crippen LogP contribution in [0.4, 0.5) is 4.39 Å². The van der Waals surface area contributed by atoms with Crippen molar-refractivity contribution in [3.05, 3.63) is 29.6 Å². The van der Waals surface area contributed by atoms with Gasteiger partial charge in [-0.25, -0.2) is 4.39 Å². The van der Waals surface area contributed by atoms with Crippen molar-refractivity contribution < 1.29 is 13.9 Å². The Bertz CT molecular complexity index is 652. The number of rotatable bonds is 4. The largest absolute Gasteiger partial charge is 0.496 e. The molecule has 0 bridgehead atoms. The minimum atomic E-state index is -0.388. The summed E-state index contributed by atoms with van der Waals surface area (Å²) in [6.45, 7) is 5.59. The molecule has 3 rings (SSSR count). The van der Waals surface area contributed by atoms with Crippen LogP contribution in [0.15, 0.2) is 18.2 Å². The summed E-state index contributed by atoms with van der Waals surface area (Å²) in [7, 11) is 1.60. The first-order valence-corrected chi connectivity index (χ1v) is 9.53. The highest BCUT2D eigenvalue weighted by molar-refractivity contribution is 5.85. The van der Waals surface area contributed by atoms with Gasteiger partial charge in [-0.15, -0.1) is 24.8 Å². The molecule has 160 valence electrons. The van der Waals surface area contributed by atoms with E-state index in [1.807, 2.05) is 11.8 Å². The van der Waals surface area contributed by atoms with E-state index >= 15 is 0 Å². The van der Waals surface area contributed by atoms with E-state index in [0.717, 1.165) is 44.3 Å². The third-order valence-corrected chi connectivity index (χ3v) is 5.87. The lowest BCUT2D eigenvalue weighted by Crippen LogP contribution is -2.57. The molecule has 0 spiro atoms. The predicted molar refractivity (Wildman–Crippen MR) is 114 cm³/mol. The van der Waals surface area contributed by atoms with Gasteiger partial charge in [0.1, 0.15) is 11.6 Å². The fourth-order valence-corrected chi connectivity index (χ4v) is 4.22. The summed E-state index contributed by atoms with van der Waals surface area (Å²) >= 11 is 0. The van der Waals surface area contributed by atoms with E-state index in [0.29, 0.717) is 25.4 Å². The number of ether oxygens (including phenoxy) is 1. The molecule has 2 aliphatic rings. The molecule has 0 aromatic heterocycles. The highest BCUT2D eigenvalue weighted by Gasteiger charge is 2.40. The van der Waals surface area contributed by atoms with Gasteiger partial charge in [0.25, 0.3) is 0 Å². The van der Waals surface area contributed by atoms with Crippen molar-refractivity contribution in [3.8, 4) is 5.75 Å². The van der Waals surface area contributed by atoms with Crippen molar-refractivity contribution in [1.82, 2.24) is 9.80 Å². The van der Waals surface area contributed by atoms with E-state index in [1.54, 1.807) is 13.2 Å². The molecule has 1 saturated carbocycles. The zero-order valence-corrected chi connectivity index (χ0v) is 18.3.